The van der Waals surface area contributed by atoms with Crippen LogP contribution in [0.2, 0.25) is 18.6 Å². The summed E-state index contributed by atoms with van der Waals surface area (Å²) in [6, 6.07) is 4.33. The summed E-state index contributed by atoms with van der Waals surface area (Å²) in [6.45, 7) is 16.0. The largest absolute Gasteiger partial charge is 1.00 e. The summed E-state index contributed by atoms with van der Waals surface area (Å²) in [5.41, 5.74) is 9.56. The van der Waals surface area contributed by atoms with E-state index in [1.807, 2.05) is 0 Å². The third kappa shape index (κ3) is 6.08. The second-order valence-corrected chi connectivity index (χ2v) is 29.6. The molecule has 0 spiro atoms. The number of rotatable bonds is 4. The summed E-state index contributed by atoms with van der Waals surface area (Å²) in [7, 11) is 0. The molecule has 42 heavy (non-hydrogen) atoms. The van der Waals surface area contributed by atoms with Crippen molar-refractivity contribution in [3.05, 3.63) is 85.5 Å². The first-order valence-electron chi connectivity index (χ1n) is 13.7. The molecule has 0 amide bonds. The Balaban J connectivity index is 0.00000242. The van der Waals surface area contributed by atoms with Crippen LogP contribution in [0.25, 0.3) is 17.2 Å². The Bertz CT molecular complexity index is 1460. The second-order valence-electron chi connectivity index (χ2n) is 12.3. The monoisotopic (exact) mass is 720 g/mol. The number of hydrogen-bond acceptors (Lipinski definition) is 0. The van der Waals surface area contributed by atoms with Gasteiger partial charge in [-0.05, 0) is 0 Å². The van der Waals surface area contributed by atoms with Crippen molar-refractivity contribution in [2.24, 2.45) is 0 Å². The summed E-state index contributed by atoms with van der Waals surface area (Å²) >= 11 is -1.08. The van der Waals surface area contributed by atoms with Crippen molar-refractivity contribution >= 4 is 11.3 Å². The van der Waals surface area contributed by atoms with Gasteiger partial charge in [0.25, 0.3) is 0 Å². The molecule has 0 aromatic heterocycles. The number of allylic oxidation sites excluding steroid dienone is 5. The van der Waals surface area contributed by atoms with Crippen LogP contribution >= 0.6 is 0 Å². The standard InChI is InChI=1S/C21H15F6.C11H19Si.2ClH.Zr/c1-11-5-13-7-12-3-2-4-17(12)19(18(13)6-11)14-8-15(20(22,23)24)10-16(9-14)21(25,26)27;1-7-8(2)10(4)11(9(7)3)12(5)6;;;/h5-10H,2-4H2,1H3;11H,1-6H3;2*1H;/q;;;;+2/p-2. The van der Waals surface area contributed by atoms with Crippen LogP contribution in [0, 0.1) is 0 Å². The molecule has 0 N–H and O–H groups in total. The quantitative estimate of drug-likeness (QED) is 0.318. The summed E-state index contributed by atoms with van der Waals surface area (Å²) in [6.07, 6.45) is -5.33. The van der Waals surface area contributed by atoms with Gasteiger partial charge in [-0.25, -0.2) is 0 Å². The van der Waals surface area contributed by atoms with Crippen LogP contribution in [0.4, 0.5) is 26.3 Å². The van der Waals surface area contributed by atoms with Crippen LogP contribution < -0.4 is 24.8 Å². The fraction of sp³-hybridized carbons (Fsp3) is 0.438. The van der Waals surface area contributed by atoms with Gasteiger partial charge in [-0.15, -0.1) is 0 Å². The SMILES string of the molecule is CC1=Cc2c(cc3c(c2-c2cc(C(F)(F)F)cc(C(F)(F)F)c2)CCC3)[CH]1[Zr+2][Si](C)(C)C1C(C)=C(C)C(C)=C1C.[Cl-].[Cl-]. The van der Waals surface area contributed by atoms with E-state index in [0.717, 1.165) is 47.2 Å². The van der Waals surface area contributed by atoms with Crippen LogP contribution in [-0.4, -0.2) is 5.20 Å². The van der Waals surface area contributed by atoms with E-state index >= 15 is 0 Å². The van der Waals surface area contributed by atoms with E-state index in [4.69, 9.17) is 0 Å². The topological polar surface area (TPSA) is 0 Å². The van der Waals surface area contributed by atoms with Crippen LogP contribution in [0.5, 0.6) is 0 Å². The first-order chi connectivity index (χ1) is 18.4. The molecule has 0 heterocycles. The van der Waals surface area contributed by atoms with Crippen molar-refractivity contribution in [1.82, 2.24) is 0 Å². The normalized spacial score (nSPS) is 18.9. The summed E-state index contributed by atoms with van der Waals surface area (Å²) < 4.78 is 83.1. The molecule has 1 unspecified atom stereocenters. The number of aryl methyl sites for hydroxylation is 1. The van der Waals surface area contributed by atoms with Gasteiger partial charge < -0.3 is 24.8 Å². The predicted octanol–water partition coefficient (Wildman–Crippen LogP) is 4.69. The average molecular weight is 723 g/mol. The van der Waals surface area contributed by atoms with E-state index in [1.54, 1.807) is 0 Å². The Morgan fingerprint density at radius 3 is 1.79 bits per heavy atom. The van der Waals surface area contributed by atoms with E-state index in [0.29, 0.717) is 17.5 Å². The number of benzene rings is 2. The molecule has 0 nitrogen and oxygen atoms in total. The fourth-order valence-electron chi connectivity index (χ4n) is 7.24. The van der Waals surface area contributed by atoms with Gasteiger partial charge in [0, 0.05) is 0 Å². The minimum Gasteiger partial charge on any atom is -1.00 e. The second kappa shape index (κ2) is 12.0. The maximum atomic E-state index is 13.8. The van der Waals surface area contributed by atoms with Gasteiger partial charge in [-0.3, -0.25) is 0 Å². The van der Waals surface area contributed by atoms with Gasteiger partial charge in [0.05, 0.1) is 0 Å². The molecule has 226 valence electrons. The Kier molecular flexibility index (Phi) is 10.1. The third-order valence-corrected chi connectivity index (χ3v) is 24.3. The zero-order valence-corrected chi connectivity index (χ0v) is 29.7. The number of alkyl halides is 6. The van der Waals surface area contributed by atoms with Crippen LogP contribution in [0.15, 0.2) is 52.1 Å². The molecule has 0 saturated heterocycles. The Hall–Kier alpha value is -1.08. The van der Waals surface area contributed by atoms with Gasteiger partial charge in [0.2, 0.25) is 0 Å². The van der Waals surface area contributed by atoms with Gasteiger partial charge in [0.15, 0.2) is 0 Å². The summed E-state index contributed by atoms with van der Waals surface area (Å²) in [4.78, 5) is 0. The first-order valence-corrected chi connectivity index (χ1v) is 21.9. The molecule has 3 aliphatic carbocycles. The average Bonchev–Trinajstić information content (AvgIpc) is 3.48. The zero-order chi connectivity index (χ0) is 29.5. The van der Waals surface area contributed by atoms with Gasteiger partial charge in [0.1, 0.15) is 0 Å². The minimum atomic E-state index is -4.87. The number of fused-ring (bicyclic) bond motifs is 2. The van der Waals surface area contributed by atoms with Crippen molar-refractivity contribution < 1.29 is 73.6 Å². The Morgan fingerprint density at radius 1 is 0.762 bits per heavy atom. The molecule has 0 fully saturated rings. The number of halogens is 8. The first kappa shape index (κ1) is 35.4. The zero-order valence-electron chi connectivity index (χ0n) is 24.7. The van der Waals surface area contributed by atoms with Crippen molar-refractivity contribution in [2.75, 3.05) is 0 Å². The number of hydrogen-bond donors (Lipinski definition) is 0. The van der Waals surface area contributed by atoms with E-state index in [2.05, 4.69) is 59.9 Å². The molecule has 1 atom stereocenters. The van der Waals surface area contributed by atoms with E-state index in [1.165, 1.54) is 27.9 Å². The molecule has 2 aromatic rings. The van der Waals surface area contributed by atoms with Gasteiger partial charge >= 0.3 is 245 Å². The van der Waals surface area contributed by atoms with Gasteiger partial charge in [-0.2, -0.15) is 0 Å². The molecule has 0 radical (unpaired) electrons. The van der Waals surface area contributed by atoms with E-state index in [9.17, 15) is 26.3 Å². The molecule has 10 heteroatoms. The predicted molar refractivity (Wildman–Crippen MR) is 148 cm³/mol. The van der Waals surface area contributed by atoms with Crippen molar-refractivity contribution in [3.63, 3.8) is 0 Å². The van der Waals surface area contributed by atoms with E-state index in [-0.39, 0.29) is 40.1 Å². The summed E-state index contributed by atoms with van der Waals surface area (Å²) in [5.74, 6) is 0. The minimum absolute atomic E-state index is 0. The maximum Gasteiger partial charge on any atom is -1.00 e. The van der Waals surface area contributed by atoms with Crippen LogP contribution in [-0.2, 0) is 47.6 Å². The molecule has 0 saturated carbocycles. The third-order valence-electron chi connectivity index (χ3n) is 9.34. The maximum absolute atomic E-state index is 13.8. The van der Waals surface area contributed by atoms with Crippen molar-refractivity contribution in [2.45, 2.75) is 88.5 Å². The Morgan fingerprint density at radius 2 is 1.29 bits per heavy atom. The fourth-order valence-corrected chi connectivity index (χ4v) is 24.7. The molecule has 2 aromatic carbocycles. The van der Waals surface area contributed by atoms with E-state index < -0.39 is 51.1 Å². The van der Waals surface area contributed by atoms with Crippen molar-refractivity contribution in [3.8, 4) is 11.1 Å². The Labute approximate surface area is 268 Å². The molecule has 0 bridgehead atoms. The van der Waals surface area contributed by atoms with Crippen molar-refractivity contribution in [1.29, 1.82) is 0 Å². The molecule has 3 aliphatic rings. The smallest absolute Gasteiger partial charge is 1.00 e. The van der Waals surface area contributed by atoms with Crippen LogP contribution in [0.3, 0.4) is 0 Å². The molecular weight excluding hydrogens is 689 g/mol. The van der Waals surface area contributed by atoms with Gasteiger partial charge in [-0.1, -0.05) is 0 Å². The summed E-state index contributed by atoms with van der Waals surface area (Å²) in [5, 5.41) is -1.73. The molecule has 0 aliphatic heterocycles. The van der Waals surface area contributed by atoms with Crippen LogP contribution in [0.1, 0.15) is 78.0 Å². The molecule has 5 rings (SSSR count). The molecular formula is C32H34Cl2F6SiZr.